The van der Waals surface area contributed by atoms with E-state index in [1.165, 1.54) is 5.56 Å². The van der Waals surface area contributed by atoms with Crippen LogP contribution >= 0.6 is 0 Å². The van der Waals surface area contributed by atoms with Crippen LogP contribution in [0.4, 0.5) is 0 Å². The Hall–Kier alpha value is -0.860. The summed E-state index contributed by atoms with van der Waals surface area (Å²) in [6.45, 7) is 9.23. The van der Waals surface area contributed by atoms with Gasteiger partial charge in [-0.05, 0) is 35.3 Å². The second-order valence-electron chi connectivity index (χ2n) is 6.69. The molecule has 1 aliphatic heterocycles. The number of rotatable bonds is 1. The number of benzene rings is 1. The number of aliphatic hydroxyl groups is 1. The number of fused-ring (bicyclic) bond motifs is 1. The van der Waals surface area contributed by atoms with Crippen molar-refractivity contribution in [2.24, 2.45) is 11.8 Å². The van der Waals surface area contributed by atoms with Crippen molar-refractivity contribution in [3.8, 4) is 0 Å². The predicted molar refractivity (Wildman–Crippen MR) is 78.1 cm³/mol. The van der Waals surface area contributed by atoms with Gasteiger partial charge >= 0.3 is 0 Å². The van der Waals surface area contributed by atoms with Gasteiger partial charge in [-0.15, -0.1) is 0 Å². The van der Waals surface area contributed by atoms with Crippen LogP contribution in [-0.4, -0.2) is 29.1 Å². The zero-order chi connectivity index (χ0) is 13.6. The van der Waals surface area contributed by atoms with Gasteiger partial charge in [0.2, 0.25) is 0 Å². The molecule has 2 heteroatoms. The summed E-state index contributed by atoms with van der Waals surface area (Å²) in [4.78, 5) is 2.52. The minimum absolute atomic E-state index is 0.303. The molecule has 19 heavy (non-hydrogen) atoms. The Kier molecular flexibility index (Phi) is 3.40. The maximum atomic E-state index is 10.7. The van der Waals surface area contributed by atoms with Crippen LogP contribution in [0.25, 0.3) is 0 Å². The summed E-state index contributed by atoms with van der Waals surface area (Å²) in [5.41, 5.74) is 2.49. The third-order valence-corrected chi connectivity index (χ3v) is 5.29. The molecule has 1 heterocycles. The zero-order valence-corrected chi connectivity index (χ0v) is 12.2. The van der Waals surface area contributed by atoms with E-state index in [9.17, 15) is 5.11 Å². The van der Waals surface area contributed by atoms with Crippen molar-refractivity contribution < 1.29 is 5.11 Å². The predicted octanol–water partition coefficient (Wildman–Crippen LogP) is 3.18. The van der Waals surface area contributed by atoms with Gasteiger partial charge in [-0.2, -0.15) is 0 Å². The van der Waals surface area contributed by atoms with Gasteiger partial charge in [-0.1, -0.05) is 45.0 Å². The van der Waals surface area contributed by atoms with E-state index in [2.05, 4.69) is 43.9 Å². The first-order valence-electron chi connectivity index (χ1n) is 7.59. The van der Waals surface area contributed by atoms with E-state index in [0.717, 1.165) is 36.9 Å². The lowest BCUT2D eigenvalue weighted by atomic mass is 9.79. The van der Waals surface area contributed by atoms with Gasteiger partial charge < -0.3 is 5.11 Å². The highest BCUT2D eigenvalue weighted by Crippen LogP contribution is 2.41. The van der Waals surface area contributed by atoms with Gasteiger partial charge in [0.05, 0.1) is 6.10 Å². The highest BCUT2D eigenvalue weighted by atomic mass is 16.3. The molecule has 5 atom stereocenters. The molecule has 1 aromatic rings. The molecule has 0 amide bonds. The van der Waals surface area contributed by atoms with Crippen molar-refractivity contribution in [3.63, 3.8) is 0 Å². The monoisotopic (exact) mass is 259 g/mol. The van der Waals surface area contributed by atoms with Crippen LogP contribution < -0.4 is 0 Å². The average molecular weight is 259 g/mol. The number of hydrogen-bond acceptors (Lipinski definition) is 2. The summed E-state index contributed by atoms with van der Waals surface area (Å²) in [7, 11) is 0. The van der Waals surface area contributed by atoms with Gasteiger partial charge in [0.1, 0.15) is 0 Å². The molecule has 0 aromatic heterocycles. The molecular weight excluding hydrogens is 234 g/mol. The highest BCUT2D eigenvalue weighted by Gasteiger charge is 2.39. The molecule has 1 aromatic carbocycles. The molecule has 1 N–H and O–H groups in total. The molecule has 1 fully saturated rings. The largest absolute Gasteiger partial charge is 0.387 e. The van der Waals surface area contributed by atoms with Gasteiger partial charge in [-0.3, -0.25) is 4.90 Å². The van der Waals surface area contributed by atoms with Crippen LogP contribution in [0.5, 0.6) is 0 Å². The Labute approximate surface area is 116 Å². The standard InChI is InChI=1S/C17H25NO/c1-11-8-16(18-9-12(2)13(3)10-18)17(19)15-7-5-4-6-14(11)15/h4-7,11-13,16-17,19H,8-10H2,1-3H3. The third kappa shape index (κ3) is 2.21. The Bertz CT molecular complexity index is 448. The summed E-state index contributed by atoms with van der Waals surface area (Å²) in [6.07, 6.45) is 0.766. The molecule has 0 bridgehead atoms. The molecule has 2 aliphatic rings. The van der Waals surface area contributed by atoms with E-state index in [-0.39, 0.29) is 6.10 Å². The Morgan fingerprint density at radius 3 is 2.21 bits per heavy atom. The van der Waals surface area contributed by atoms with E-state index in [0.29, 0.717) is 12.0 Å². The van der Waals surface area contributed by atoms with Crippen molar-refractivity contribution in [3.05, 3.63) is 35.4 Å². The third-order valence-electron chi connectivity index (χ3n) is 5.29. The van der Waals surface area contributed by atoms with Crippen LogP contribution in [0, 0.1) is 11.8 Å². The van der Waals surface area contributed by atoms with E-state index in [1.807, 2.05) is 6.07 Å². The maximum absolute atomic E-state index is 10.7. The van der Waals surface area contributed by atoms with Crippen LogP contribution in [-0.2, 0) is 0 Å². The highest BCUT2D eigenvalue weighted by molar-refractivity contribution is 5.35. The molecule has 1 aliphatic carbocycles. The first-order valence-corrected chi connectivity index (χ1v) is 7.59. The van der Waals surface area contributed by atoms with Crippen LogP contribution in [0.1, 0.15) is 50.3 Å². The Balaban J connectivity index is 1.86. The van der Waals surface area contributed by atoms with Crippen LogP contribution in [0.2, 0.25) is 0 Å². The van der Waals surface area contributed by atoms with Crippen LogP contribution in [0.15, 0.2) is 24.3 Å². The molecule has 0 spiro atoms. The molecule has 5 unspecified atom stereocenters. The molecular formula is C17H25NO. The first kappa shape index (κ1) is 13.1. The fourth-order valence-corrected chi connectivity index (χ4v) is 3.85. The zero-order valence-electron chi connectivity index (χ0n) is 12.2. The molecule has 0 radical (unpaired) electrons. The lowest BCUT2D eigenvalue weighted by Gasteiger charge is -2.39. The van der Waals surface area contributed by atoms with Gasteiger partial charge in [-0.25, -0.2) is 0 Å². The topological polar surface area (TPSA) is 23.5 Å². The minimum Gasteiger partial charge on any atom is -0.387 e. The van der Waals surface area contributed by atoms with E-state index < -0.39 is 0 Å². The van der Waals surface area contributed by atoms with E-state index in [1.54, 1.807) is 0 Å². The van der Waals surface area contributed by atoms with Crippen molar-refractivity contribution in [2.45, 2.75) is 45.3 Å². The van der Waals surface area contributed by atoms with Gasteiger partial charge in [0, 0.05) is 19.1 Å². The molecule has 0 saturated carbocycles. The van der Waals surface area contributed by atoms with E-state index in [4.69, 9.17) is 0 Å². The average Bonchev–Trinajstić information content (AvgIpc) is 2.74. The van der Waals surface area contributed by atoms with Crippen molar-refractivity contribution in [2.75, 3.05) is 13.1 Å². The lowest BCUT2D eigenvalue weighted by molar-refractivity contribution is 0.0410. The van der Waals surface area contributed by atoms with Crippen molar-refractivity contribution in [1.82, 2.24) is 4.90 Å². The van der Waals surface area contributed by atoms with Crippen molar-refractivity contribution >= 4 is 0 Å². The number of hydrogen-bond donors (Lipinski definition) is 1. The summed E-state index contributed by atoms with van der Waals surface area (Å²) in [6, 6.07) is 8.71. The minimum atomic E-state index is -0.315. The van der Waals surface area contributed by atoms with Crippen molar-refractivity contribution in [1.29, 1.82) is 0 Å². The first-order chi connectivity index (χ1) is 9.08. The summed E-state index contributed by atoms with van der Waals surface area (Å²) < 4.78 is 0. The van der Waals surface area contributed by atoms with Crippen LogP contribution in [0.3, 0.4) is 0 Å². The molecule has 104 valence electrons. The van der Waals surface area contributed by atoms with Gasteiger partial charge in [0.25, 0.3) is 0 Å². The fourth-order valence-electron chi connectivity index (χ4n) is 3.85. The SMILES string of the molecule is CC1CC(N2CC(C)C(C)C2)C(O)c2ccccc21. The Morgan fingerprint density at radius 2 is 1.58 bits per heavy atom. The van der Waals surface area contributed by atoms with E-state index >= 15 is 0 Å². The number of nitrogens with zero attached hydrogens (tertiary/aromatic N) is 1. The molecule has 2 nitrogen and oxygen atoms in total. The second-order valence-corrected chi connectivity index (χ2v) is 6.69. The summed E-state index contributed by atoms with van der Waals surface area (Å²) in [5, 5.41) is 10.7. The second kappa shape index (κ2) is 4.92. The molecule has 1 saturated heterocycles. The maximum Gasteiger partial charge on any atom is 0.0948 e. The number of aliphatic hydroxyl groups excluding tert-OH is 1. The normalized spacial score (nSPS) is 39.3. The summed E-state index contributed by atoms with van der Waals surface area (Å²) in [5.74, 6) is 2.05. The Morgan fingerprint density at radius 1 is 1.00 bits per heavy atom. The van der Waals surface area contributed by atoms with Gasteiger partial charge in [0.15, 0.2) is 0 Å². The number of likely N-dealkylation sites (tertiary alicyclic amines) is 1. The quantitative estimate of drug-likeness (QED) is 0.837. The summed E-state index contributed by atoms with van der Waals surface area (Å²) >= 11 is 0. The lowest BCUT2D eigenvalue weighted by Crippen LogP contribution is -2.42. The fraction of sp³-hybridized carbons (Fsp3) is 0.647. The smallest absolute Gasteiger partial charge is 0.0948 e. The molecule has 3 rings (SSSR count).